The number of aryl methyl sites for hydroxylation is 1. The zero-order chi connectivity index (χ0) is 36.5. The highest BCUT2D eigenvalue weighted by Crippen LogP contribution is 2.33. The van der Waals surface area contributed by atoms with E-state index in [1.807, 2.05) is 37.1 Å². The zero-order valence-corrected chi connectivity index (χ0v) is 31.4. The molecule has 0 bridgehead atoms. The molecular formula is C38H52N6O6S. The Balaban J connectivity index is 1.34. The second kappa shape index (κ2) is 17.3. The van der Waals surface area contributed by atoms with E-state index < -0.39 is 16.1 Å². The van der Waals surface area contributed by atoms with E-state index in [1.165, 1.54) is 6.42 Å². The fourth-order valence-electron chi connectivity index (χ4n) is 6.59. The number of amidine groups is 1. The largest absolute Gasteiger partial charge is 0.377 e. The maximum atomic E-state index is 13.8. The highest BCUT2D eigenvalue weighted by Gasteiger charge is 2.34. The second-order valence-electron chi connectivity index (χ2n) is 13.4. The quantitative estimate of drug-likeness (QED) is 0.170. The van der Waals surface area contributed by atoms with Gasteiger partial charge in [0.2, 0.25) is 0 Å². The molecule has 13 heteroatoms. The zero-order valence-electron chi connectivity index (χ0n) is 30.6. The monoisotopic (exact) mass is 720 g/mol. The summed E-state index contributed by atoms with van der Waals surface area (Å²) < 4.78 is 41.0. The van der Waals surface area contributed by atoms with Gasteiger partial charge in [-0.2, -0.15) is 0 Å². The molecule has 3 amide bonds. The molecule has 0 radical (unpaired) electrons. The first-order chi connectivity index (χ1) is 24.5. The highest BCUT2D eigenvalue weighted by atomic mass is 32.2. The van der Waals surface area contributed by atoms with Crippen molar-refractivity contribution in [3.63, 3.8) is 0 Å². The number of anilines is 1. The van der Waals surface area contributed by atoms with Crippen LogP contribution in [-0.4, -0.2) is 85.4 Å². The number of amides is 3. The van der Waals surface area contributed by atoms with Crippen LogP contribution in [0.15, 0.2) is 56.9 Å². The number of benzene rings is 2. The maximum absolute atomic E-state index is 13.8. The average molecular weight is 721 g/mol. The molecule has 51 heavy (non-hydrogen) atoms. The summed E-state index contributed by atoms with van der Waals surface area (Å²) in [4.78, 5) is 37.2. The number of unbranched alkanes of at least 4 members (excludes halogenated alkanes) is 1. The molecule has 1 saturated heterocycles. The number of aromatic nitrogens is 1. The number of carbonyl (C=O) groups is 2. The number of urea groups is 1. The number of piperidine rings is 1. The molecule has 0 saturated carbocycles. The summed E-state index contributed by atoms with van der Waals surface area (Å²) in [7, 11) is -2.19. The van der Waals surface area contributed by atoms with Gasteiger partial charge in [-0.15, -0.1) is 0 Å². The van der Waals surface area contributed by atoms with Gasteiger partial charge in [0.1, 0.15) is 17.6 Å². The van der Waals surface area contributed by atoms with Crippen LogP contribution >= 0.6 is 0 Å². The normalized spacial score (nSPS) is 16.5. The van der Waals surface area contributed by atoms with E-state index in [0.717, 1.165) is 61.3 Å². The molecule has 1 N–H and O–H groups in total. The van der Waals surface area contributed by atoms with Crippen LogP contribution in [0.3, 0.4) is 0 Å². The Morgan fingerprint density at radius 2 is 1.82 bits per heavy atom. The van der Waals surface area contributed by atoms with E-state index in [0.29, 0.717) is 55.8 Å². The van der Waals surface area contributed by atoms with E-state index in [4.69, 9.17) is 14.3 Å². The van der Waals surface area contributed by atoms with Gasteiger partial charge >= 0.3 is 6.03 Å². The van der Waals surface area contributed by atoms with E-state index in [-0.39, 0.29) is 29.3 Å². The number of hydrogen-bond acceptors (Lipinski definition) is 8. The van der Waals surface area contributed by atoms with Crippen molar-refractivity contribution in [3.05, 3.63) is 64.9 Å². The first-order valence-corrected chi connectivity index (χ1v) is 19.6. The first-order valence-electron chi connectivity index (χ1n) is 18.2. The minimum atomic E-state index is -4.03. The Bertz CT molecular complexity index is 1820. The standard InChI is InChI=1S/C38H52N6O6S/c1-6-8-18-35-39-33(16-14-21-42(5)38(46)43-22-12-9-13-23-43)37(45)44(35)25-29-19-20-31(30(24-29)26-49-7-2)32-15-10-11-17-34(32)51(47,48)41-36-27(3)28(4)50-40-36/h10-11,15,17,19-20,24,33H,6-9,12-14,16,18,21-23,25-26H2,1-5H3,(H,40,41). The van der Waals surface area contributed by atoms with Crippen molar-refractivity contribution in [2.75, 3.05) is 38.0 Å². The fourth-order valence-corrected chi connectivity index (χ4v) is 7.87. The summed E-state index contributed by atoms with van der Waals surface area (Å²) in [6, 6.07) is 12.3. The van der Waals surface area contributed by atoms with Crippen LogP contribution in [0.2, 0.25) is 0 Å². The highest BCUT2D eigenvalue weighted by molar-refractivity contribution is 7.92. The Morgan fingerprint density at radius 1 is 1.06 bits per heavy atom. The Kier molecular flexibility index (Phi) is 12.9. The van der Waals surface area contributed by atoms with Gasteiger partial charge in [-0.3, -0.25) is 19.4 Å². The van der Waals surface area contributed by atoms with Crippen LogP contribution in [0.25, 0.3) is 11.1 Å². The number of carbonyl (C=O) groups excluding carboxylic acids is 2. The number of nitrogens with zero attached hydrogens (tertiary/aromatic N) is 5. The first kappa shape index (κ1) is 38.0. The average Bonchev–Trinajstić information content (AvgIpc) is 3.61. The van der Waals surface area contributed by atoms with Crippen molar-refractivity contribution in [1.82, 2.24) is 19.9 Å². The lowest BCUT2D eigenvalue weighted by atomic mass is 9.97. The van der Waals surface area contributed by atoms with Crippen molar-refractivity contribution in [3.8, 4) is 11.1 Å². The van der Waals surface area contributed by atoms with Gasteiger partial charge in [-0.25, -0.2) is 13.2 Å². The lowest BCUT2D eigenvalue weighted by Gasteiger charge is -2.31. The number of aliphatic imine (C=N–C) groups is 1. The number of ether oxygens (including phenoxy) is 1. The predicted octanol–water partition coefficient (Wildman–Crippen LogP) is 6.91. The lowest BCUT2D eigenvalue weighted by Crippen LogP contribution is -2.44. The van der Waals surface area contributed by atoms with Crippen molar-refractivity contribution in [2.45, 2.75) is 103 Å². The van der Waals surface area contributed by atoms with Crippen molar-refractivity contribution in [1.29, 1.82) is 0 Å². The molecular weight excluding hydrogens is 669 g/mol. The topological polar surface area (TPSA) is 138 Å². The Hall–Kier alpha value is -4.23. The molecule has 1 unspecified atom stereocenters. The lowest BCUT2D eigenvalue weighted by molar-refractivity contribution is -0.128. The molecule has 276 valence electrons. The van der Waals surface area contributed by atoms with Crippen molar-refractivity contribution < 1.29 is 27.3 Å². The third kappa shape index (κ3) is 9.17. The van der Waals surface area contributed by atoms with Crippen molar-refractivity contribution >= 4 is 33.6 Å². The Morgan fingerprint density at radius 3 is 2.53 bits per heavy atom. The molecule has 3 heterocycles. The molecule has 1 aromatic heterocycles. The van der Waals surface area contributed by atoms with E-state index in [1.54, 1.807) is 47.9 Å². The number of hydrogen-bond donors (Lipinski definition) is 1. The number of rotatable bonds is 16. The molecule has 12 nitrogen and oxygen atoms in total. The van der Waals surface area contributed by atoms with Crippen LogP contribution in [0, 0.1) is 13.8 Å². The molecule has 5 rings (SSSR count). The fraction of sp³-hybridized carbons (Fsp3) is 0.526. The summed E-state index contributed by atoms with van der Waals surface area (Å²) in [6.07, 6.45) is 7.14. The molecule has 0 spiro atoms. The molecule has 3 aromatic rings. The van der Waals surface area contributed by atoms with E-state index >= 15 is 0 Å². The summed E-state index contributed by atoms with van der Waals surface area (Å²) in [6.45, 7) is 10.8. The third-order valence-electron chi connectivity index (χ3n) is 9.67. The van der Waals surface area contributed by atoms with Gasteiger partial charge < -0.3 is 19.1 Å². The van der Waals surface area contributed by atoms with Gasteiger partial charge in [0.05, 0.1) is 18.0 Å². The van der Waals surface area contributed by atoms with Gasteiger partial charge in [0, 0.05) is 50.8 Å². The SMILES string of the molecule is CCCCC1=NC(CCCN(C)C(=O)N2CCCCC2)C(=O)N1Cc1ccc(-c2ccccc2S(=O)(=O)Nc2noc(C)c2C)c(COCC)c1. The summed E-state index contributed by atoms with van der Waals surface area (Å²) in [5.41, 5.74) is 3.56. The van der Waals surface area contributed by atoms with Crippen molar-refractivity contribution in [2.24, 2.45) is 4.99 Å². The minimum Gasteiger partial charge on any atom is -0.377 e. The number of nitrogens with one attached hydrogen (secondary N) is 1. The molecule has 2 aliphatic rings. The van der Waals surface area contributed by atoms with Crippen LogP contribution in [-0.2, 0) is 32.7 Å². The second-order valence-corrected chi connectivity index (χ2v) is 15.1. The Labute approximate surface area is 302 Å². The van der Waals surface area contributed by atoms with Gasteiger partial charge in [-0.05, 0) is 82.1 Å². The van der Waals surface area contributed by atoms with Crippen LogP contribution < -0.4 is 4.72 Å². The van der Waals surface area contributed by atoms with E-state index in [2.05, 4.69) is 16.8 Å². The summed E-state index contributed by atoms with van der Waals surface area (Å²) in [5.74, 6) is 1.45. The predicted molar refractivity (Wildman–Crippen MR) is 198 cm³/mol. The molecule has 0 aliphatic carbocycles. The maximum Gasteiger partial charge on any atom is 0.319 e. The van der Waals surface area contributed by atoms with Crippen LogP contribution in [0.1, 0.15) is 87.7 Å². The van der Waals surface area contributed by atoms with E-state index in [9.17, 15) is 18.0 Å². The summed E-state index contributed by atoms with van der Waals surface area (Å²) in [5, 5.41) is 3.89. The van der Waals surface area contributed by atoms with Gasteiger partial charge in [-0.1, -0.05) is 54.9 Å². The molecule has 1 atom stereocenters. The van der Waals surface area contributed by atoms with Gasteiger partial charge in [0.15, 0.2) is 5.82 Å². The summed E-state index contributed by atoms with van der Waals surface area (Å²) >= 11 is 0. The number of sulfonamides is 1. The van der Waals surface area contributed by atoms with Crippen LogP contribution in [0.4, 0.5) is 10.6 Å². The third-order valence-corrected chi connectivity index (χ3v) is 11.1. The van der Waals surface area contributed by atoms with Gasteiger partial charge in [0.25, 0.3) is 15.9 Å². The molecule has 2 aromatic carbocycles. The molecule has 1 fully saturated rings. The molecule has 2 aliphatic heterocycles. The minimum absolute atomic E-state index is 0.0255. The number of likely N-dealkylation sites (tertiary alicyclic amines) is 1. The smallest absolute Gasteiger partial charge is 0.319 e. The van der Waals surface area contributed by atoms with Crippen LogP contribution in [0.5, 0.6) is 0 Å².